The summed E-state index contributed by atoms with van der Waals surface area (Å²) in [6.45, 7) is 1.83. The Morgan fingerprint density at radius 1 is 1.16 bits per heavy atom. The molecule has 0 saturated heterocycles. The molecular formula is C21H17N9O. The summed E-state index contributed by atoms with van der Waals surface area (Å²) in [7, 11) is 1.85. The molecule has 10 nitrogen and oxygen atoms in total. The molecule has 0 aliphatic heterocycles. The summed E-state index contributed by atoms with van der Waals surface area (Å²) >= 11 is 0. The van der Waals surface area contributed by atoms with Crippen molar-refractivity contribution in [3.05, 3.63) is 65.7 Å². The SMILES string of the molecule is Cc1ncoc1-c1c(-c2ccccc2C#N)nc(N)n2nc(Cc3ccn(C)n3)nc12. The van der Waals surface area contributed by atoms with Gasteiger partial charge in [0.15, 0.2) is 23.6 Å². The lowest BCUT2D eigenvalue weighted by atomic mass is 9.99. The highest BCUT2D eigenvalue weighted by atomic mass is 16.3. The molecule has 31 heavy (non-hydrogen) atoms. The van der Waals surface area contributed by atoms with E-state index in [-0.39, 0.29) is 5.95 Å². The fourth-order valence-electron chi connectivity index (χ4n) is 3.53. The molecule has 4 heterocycles. The highest BCUT2D eigenvalue weighted by Gasteiger charge is 2.25. The molecule has 5 aromatic rings. The van der Waals surface area contributed by atoms with Gasteiger partial charge in [-0.25, -0.2) is 15.0 Å². The lowest BCUT2D eigenvalue weighted by Crippen LogP contribution is -2.06. The number of hydrogen-bond donors (Lipinski definition) is 1. The van der Waals surface area contributed by atoms with E-state index in [2.05, 4.69) is 26.2 Å². The summed E-state index contributed by atoms with van der Waals surface area (Å²) in [5, 5.41) is 18.5. The van der Waals surface area contributed by atoms with Gasteiger partial charge in [0.25, 0.3) is 0 Å². The molecule has 0 saturated carbocycles. The fraction of sp³-hybridized carbons (Fsp3) is 0.143. The number of aromatic nitrogens is 7. The third-order valence-corrected chi connectivity index (χ3v) is 4.94. The maximum Gasteiger partial charge on any atom is 0.223 e. The van der Waals surface area contributed by atoms with Crippen molar-refractivity contribution in [3.8, 4) is 28.7 Å². The first-order valence-corrected chi connectivity index (χ1v) is 9.48. The number of fused-ring (bicyclic) bond motifs is 1. The second-order valence-corrected chi connectivity index (χ2v) is 7.04. The van der Waals surface area contributed by atoms with Crippen molar-refractivity contribution in [1.82, 2.24) is 34.3 Å². The first-order chi connectivity index (χ1) is 15.0. The van der Waals surface area contributed by atoms with Crippen molar-refractivity contribution in [1.29, 1.82) is 5.26 Å². The molecule has 5 rings (SSSR count). The minimum Gasteiger partial charge on any atom is -0.443 e. The van der Waals surface area contributed by atoms with Gasteiger partial charge in [-0.05, 0) is 19.1 Å². The molecule has 0 atom stereocenters. The zero-order valence-electron chi connectivity index (χ0n) is 16.8. The largest absolute Gasteiger partial charge is 0.443 e. The van der Waals surface area contributed by atoms with E-state index < -0.39 is 0 Å². The summed E-state index contributed by atoms with van der Waals surface area (Å²) in [5.74, 6) is 1.19. The second-order valence-electron chi connectivity index (χ2n) is 7.04. The number of anilines is 1. The van der Waals surface area contributed by atoms with Gasteiger partial charge in [0.2, 0.25) is 5.95 Å². The molecule has 1 aromatic carbocycles. The van der Waals surface area contributed by atoms with Gasteiger partial charge >= 0.3 is 0 Å². The van der Waals surface area contributed by atoms with Crippen LogP contribution in [0.1, 0.15) is 22.8 Å². The van der Waals surface area contributed by atoms with Crippen molar-refractivity contribution in [2.45, 2.75) is 13.3 Å². The summed E-state index contributed by atoms with van der Waals surface area (Å²) in [6, 6.07) is 11.3. The predicted octanol–water partition coefficient (Wildman–Crippen LogP) is 2.53. The molecule has 0 aliphatic rings. The van der Waals surface area contributed by atoms with Crippen molar-refractivity contribution in [2.75, 3.05) is 5.73 Å². The standard InChI is InChI=1S/C21H17N9O/c1-12-19(31-11-24-12)17-18(15-6-4-3-5-13(15)10-22)26-21(23)30-20(17)25-16(28-30)9-14-7-8-29(2)27-14/h3-8,11H,9H2,1-2H3,(H2,23,26). The Morgan fingerprint density at radius 2 is 2.00 bits per heavy atom. The fourth-order valence-corrected chi connectivity index (χ4v) is 3.53. The van der Waals surface area contributed by atoms with E-state index in [1.165, 1.54) is 10.9 Å². The van der Waals surface area contributed by atoms with Crippen LogP contribution in [-0.2, 0) is 13.5 Å². The zero-order valence-corrected chi connectivity index (χ0v) is 16.8. The van der Waals surface area contributed by atoms with E-state index in [4.69, 9.17) is 15.1 Å². The minimum atomic E-state index is 0.151. The number of nitrogens with two attached hydrogens (primary N) is 1. The van der Waals surface area contributed by atoms with Crippen molar-refractivity contribution < 1.29 is 4.42 Å². The summed E-state index contributed by atoms with van der Waals surface area (Å²) in [5.41, 5.74) is 10.4. The molecule has 0 fully saturated rings. The van der Waals surface area contributed by atoms with Gasteiger partial charge < -0.3 is 10.2 Å². The number of rotatable bonds is 4. The number of aryl methyl sites for hydroxylation is 2. The highest BCUT2D eigenvalue weighted by Crippen LogP contribution is 2.37. The molecule has 0 aliphatic carbocycles. The minimum absolute atomic E-state index is 0.151. The molecule has 0 bridgehead atoms. The number of nitriles is 1. The Labute approximate surface area is 176 Å². The summed E-state index contributed by atoms with van der Waals surface area (Å²) < 4.78 is 8.90. The lowest BCUT2D eigenvalue weighted by Gasteiger charge is -2.11. The Morgan fingerprint density at radius 3 is 2.71 bits per heavy atom. The van der Waals surface area contributed by atoms with Gasteiger partial charge in [-0.15, -0.1) is 5.10 Å². The molecular weight excluding hydrogens is 394 g/mol. The van der Waals surface area contributed by atoms with Crippen LogP contribution in [0, 0.1) is 18.3 Å². The smallest absolute Gasteiger partial charge is 0.223 e. The molecule has 152 valence electrons. The highest BCUT2D eigenvalue weighted by molar-refractivity contribution is 5.90. The monoisotopic (exact) mass is 411 g/mol. The van der Waals surface area contributed by atoms with Crippen LogP contribution in [0.4, 0.5) is 5.95 Å². The summed E-state index contributed by atoms with van der Waals surface area (Å²) in [6.07, 6.45) is 3.66. The van der Waals surface area contributed by atoms with Crippen LogP contribution in [0.3, 0.4) is 0 Å². The van der Waals surface area contributed by atoms with E-state index in [0.29, 0.717) is 51.7 Å². The second kappa shape index (κ2) is 7.07. The topological polar surface area (TPSA) is 137 Å². The molecule has 0 spiro atoms. The molecule has 0 amide bonds. The van der Waals surface area contributed by atoms with Crippen molar-refractivity contribution in [3.63, 3.8) is 0 Å². The first kappa shape index (κ1) is 18.5. The van der Waals surface area contributed by atoms with Gasteiger partial charge in [0.05, 0.1) is 40.7 Å². The quantitative estimate of drug-likeness (QED) is 0.476. The van der Waals surface area contributed by atoms with E-state index in [1.54, 1.807) is 16.8 Å². The Bertz CT molecular complexity index is 1470. The molecule has 0 unspecified atom stereocenters. The van der Waals surface area contributed by atoms with Crippen LogP contribution < -0.4 is 5.73 Å². The van der Waals surface area contributed by atoms with Gasteiger partial charge in [0.1, 0.15) is 0 Å². The Hall–Kier alpha value is -4.52. The molecule has 2 N–H and O–H groups in total. The van der Waals surface area contributed by atoms with Crippen LogP contribution in [0.15, 0.2) is 47.3 Å². The third-order valence-electron chi connectivity index (χ3n) is 4.94. The van der Waals surface area contributed by atoms with E-state index in [0.717, 1.165) is 5.69 Å². The van der Waals surface area contributed by atoms with Crippen LogP contribution >= 0.6 is 0 Å². The van der Waals surface area contributed by atoms with Gasteiger partial charge in [-0.3, -0.25) is 4.68 Å². The van der Waals surface area contributed by atoms with Gasteiger partial charge in [-0.2, -0.15) is 14.9 Å². The number of hydrogen-bond acceptors (Lipinski definition) is 8. The molecule has 4 aromatic heterocycles. The van der Waals surface area contributed by atoms with Gasteiger partial charge in [0, 0.05) is 18.8 Å². The Kier molecular flexibility index (Phi) is 4.22. The van der Waals surface area contributed by atoms with E-state index in [9.17, 15) is 5.26 Å². The normalized spacial score (nSPS) is 11.1. The lowest BCUT2D eigenvalue weighted by molar-refractivity contribution is 0.571. The van der Waals surface area contributed by atoms with E-state index >= 15 is 0 Å². The van der Waals surface area contributed by atoms with Crippen LogP contribution in [0.5, 0.6) is 0 Å². The van der Waals surface area contributed by atoms with Crippen LogP contribution in [0.2, 0.25) is 0 Å². The number of nitrogen functional groups attached to an aromatic ring is 1. The predicted molar refractivity (Wildman–Crippen MR) is 112 cm³/mol. The maximum atomic E-state index is 9.62. The number of nitrogens with zero attached hydrogens (tertiary/aromatic N) is 8. The first-order valence-electron chi connectivity index (χ1n) is 9.48. The molecule has 10 heteroatoms. The third kappa shape index (κ3) is 3.08. The molecule has 0 radical (unpaired) electrons. The maximum absolute atomic E-state index is 9.62. The van der Waals surface area contributed by atoms with Crippen molar-refractivity contribution in [2.24, 2.45) is 7.05 Å². The number of benzene rings is 1. The van der Waals surface area contributed by atoms with Crippen molar-refractivity contribution >= 4 is 11.6 Å². The average Bonchev–Trinajstić information content (AvgIpc) is 3.49. The van der Waals surface area contributed by atoms with Crippen LogP contribution in [-0.4, -0.2) is 34.3 Å². The van der Waals surface area contributed by atoms with E-state index in [1.807, 2.05) is 38.4 Å². The number of oxazole rings is 1. The zero-order chi connectivity index (χ0) is 21.5. The van der Waals surface area contributed by atoms with Gasteiger partial charge in [-0.1, -0.05) is 18.2 Å². The average molecular weight is 411 g/mol. The summed E-state index contributed by atoms with van der Waals surface area (Å²) in [4.78, 5) is 13.5. The Balaban J connectivity index is 1.79. The van der Waals surface area contributed by atoms with Crippen LogP contribution in [0.25, 0.3) is 28.2 Å².